The fraction of sp³-hybridized carbons (Fsp3) is 0.364. The third-order valence-electron chi connectivity index (χ3n) is 4.73. The van der Waals surface area contributed by atoms with Gasteiger partial charge in [0.2, 0.25) is 0 Å². The first-order valence-corrected chi connectivity index (χ1v) is 8.61. The van der Waals surface area contributed by atoms with Crippen molar-refractivity contribution in [2.75, 3.05) is 19.6 Å². The Morgan fingerprint density at radius 2 is 1.26 bits per heavy atom. The van der Waals surface area contributed by atoms with Gasteiger partial charge in [0.15, 0.2) is 0 Å². The Hall–Kier alpha value is -2.04. The Bertz CT molecular complexity index is 590. The number of quaternary nitrogens is 1. The van der Waals surface area contributed by atoms with E-state index in [1.165, 1.54) is 11.1 Å². The second-order valence-electron chi connectivity index (χ2n) is 6.23. The lowest BCUT2D eigenvalue weighted by Crippen LogP contribution is -3.11. The Balaban J connectivity index is 2.24. The van der Waals surface area contributed by atoms with E-state index < -0.39 is 0 Å². The van der Waals surface area contributed by atoms with Crippen LogP contribution in [0, 0.1) is 11.8 Å². The molecule has 0 aliphatic rings. The molecule has 1 heteroatoms. The minimum absolute atomic E-state index is 0.0614. The van der Waals surface area contributed by atoms with Gasteiger partial charge >= 0.3 is 0 Å². The fourth-order valence-corrected chi connectivity index (χ4v) is 2.91. The molecule has 0 heterocycles. The predicted molar refractivity (Wildman–Crippen MR) is 98.6 cm³/mol. The molecule has 2 rings (SSSR count). The topological polar surface area (TPSA) is 4.44 Å². The number of benzene rings is 2. The lowest BCUT2D eigenvalue weighted by atomic mass is 9.74. The molecule has 0 aliphatic heterocycles. The van der Waals surface area contributed by atoms with E-state index >= 15 is 0 Å². The van der Waals surface area contributed by atoms with Crippen LogP contribution in [-0.4, -0.2) is 19.6 Å². The highest BCUT2D eigenvalue weighted by molar-refractivity contribution is 5.39. The number of hydrogen-bond donors (Lipinski definition) is 1. The summed E-state index contributed by atoms with van der Waals surface area (Å²) in [4.78, 5) is 1.54. The summed E-state index contributed by atoms with van der Waals surface area (Å²) in [6.07, 6.45) is 0.849. The van der Waals surface area contributed by atoms with E-state index in [0.717, 1.165) is 26.1 Å². The van der Waals surface area contributed by atoms with Gasteiger partial charge < -0.3 is 4.90 Å². The smallest absolute Gasteiger partial charge is 0.139 e. The summed E-state index contributed by atoms with van der Waals surface area (Å²) in [5.41, 5.74) is 2.60. The molecule has 0 bridgehead atoms. The average molecular weight is 306 g/mol. The van der Waals surface area contributed by atoms with Gasteiger partial charge in [-0.2, -0.15) is 0 Å². The second kappa shape index (κ2) is 8.56. The van der Waals surface area contributed by atoms with E-state index in [0.29, 0.717) is 0 Å². The van der Waals surface area contributed by atoms with Gasteiger partial charge in [-0.05, 0) is 30.9 Å². The Morgan fingerprint density at radius 1 is 0.783 bits per heavy atom. The highest BCUT2D eigenvalue weighted by atomic mass is 15.1. The maximum atomic E-state index is 3.45. The maximum Gasteiger partial charge on any atom is 0.139 e. The van der Waals surface area contributed by atoms with Crippen molar-refractivity contribution >= 4 is 0 Å². The molecule has 0 atom stereocenters. The summed E-state index contributed by atoms with van der Waals surface area (Å²) >= 11 is 0. The quantitative estimate of drug-likeness (QED) is 0.781. The summed E-state index contributed by atoms with van der Waals surface area (Å²) in [5, 5.41) is 0. The molecule has 0 saturated carbocycles. The standard InChI is InChI=1S/C22H27N/c1-4-23(5-2)19-13-12-18-22(3,20-14-8-6-9-15-20)21-16-10-7-11-17-21/h6-11,14-17H,4-5,18-19H2,1-3H3/p+1. The SMILES string of the molecule is CC[NH+](CC)CC#CCC(C)(c1ccccc1)c1ccccc1. The van der Waals surface area contributed by atoms with Gasteiger partial charge in [-0.1, -0.05) is 73.5 Å². The second-order valence-corrected chi connectivity index (χ2v) is 6.23. The lowest BCUT2D eigenvalue weighted by Gasteiger charge is -2.29. The van der Waals surface area contributed by atoms with Gasteiger partial charge in [0.1, 0.15) is 6.54 Å². The van der Waals surface area contributed by atoms with E-state index in [2.05, 4.69) is 93.3 Å². The van der Waals surface area contributed by atoms with E-state index in [-0.39, 0.29) is 5.41 Å². The van der Waals surface area contributed by atoms with E-state index in [9.17, 15) is 0 Å². The van der Waals surface area contributed by atoms with Gasteiger partial charge in [-0.3, -0.25) is 0 Å². The lowest BCUT2D eigenvalue weighted by molar-refractivity contribution is -0.889. The maximum absolute atomic E-state index is 3.45. The van der Waals surface area contributed by atoms with Gasteiger partial charge in [0, 0.05) is 11.8 Å². The molecule has 0 aromatic heterocycles. The largest absolute Gasteiger partial charge is 0.325 e. The number of hydrogen-bond acceptors (Lipinski definition) is 0. The van der Waals surface area contributed by atoms with Crippen LogP contribution in [0.25, 0.3) is 0 Å². The first kappa shape index (κ1) is 17.3. The van der Waals surface area contributed by atoms with E-state index in [1.807, 2.05) is 0 Å². The van der Waals surface area contributed by atoms with Crippen molar-refractivity contribution in [1.29, 1.82) is 0 Å². The highest BCUT2D eigenvalue weighted by Gasteiger charge is 2.27. The van der Waals surface area contributed by atoms with Gasteiger partial charge in [0.05, 0.1) is 13.1 Å². The van der Waals surface area contributed by atoms with Crippen molar-refractivity contribution in [3.05, 3.63) is 71.8 Å². The Kier molecular flexibility index (Phi) is 6.44. The van der Waals surface area contributed by atoms with Crippen LogP contribution in [0.2, 0.25) is 0 Å². The number of rotatable bonds is 6. The third kappa shape index (κ3) is 4.47. The number of nitrogens with one attached hydrogen (secondary N) is 1. The van der Waals surface area contributed by atoms with Crippen molar-refractivity contribution < 1.29 is 4.90 Å². The van der Waals surface area contributed by atoms with Crippen LogP contribution in [0.1, 0.15) is 38.3 Å². The van der Waals surface area contributed by atoms with Crippen LogP contribution in [0.4, 0.5) is 0 Å². The molecular weight excluding hydrogens is 278 g/mol. The summed E-state index contributed by atoms with van der Waals surface area (Å²) < 4.78 is 0. The molecule has 0 unspecified atom stereocenters. The summed E-state index contributed by atoms with van der Waals surface area (Å²) in [6.45, 7) is 9.96. The molecule has 0 saturated heterocycles. The minimum Gasteiger partial charge on any atom is -0.325 e. The van der Waals surface area contributed by atoms with Gasteiger partial charge in [-0.25, -0.2) is 0 Å². The van der Waals surface area contributed by atoms with Crippen molar-refractivity contribution in [3.63, 3.8) is 0 Å². The summed E-state index contributed by atoms with van der Waals surface area (Å²) in [7, 11) is 0. The first-order chi connectivity index (χ1) is 11.2. The highest BCUT2D eigenvalue weighted by Crippen LogP contribution is 2.34. The molecule has 23 heavy (non-hydrogen) atoms. The molecule has 0 amide bonds. The normalized spacial score (nSPS) is 11.1. The predicted octanol–water partition coefficient (Wildman–Crippen LogP) is 3.31. The van der Waals surface area contributed by atoms with Crippen molar-refractivity contribution in [2.24, 2.45) is 0 Å². The molecule has 0 fully saturated rings. The average Bonchev–Trinajstić information content (AvgIpc) is 2.63. The van der Waals surface area contributed by atoms with Crippen molar-refractivity contribution in [1.82, 2.24) is 0 Å². The molecular formula is C22H28N+. The summed E-state index contributed by atoms with van der Waals surface area (Å²) in [6, 6.07) is 21.5. The molecule has 2 aromatic rings. The zero-order valence-corrected chi connectivity index (χ0v) is 14.6. The van der Waals surface area contributed by atoms with Gasteiger partial charge in [0.25, 0.3) is 0 Å². The molecule has 2 aromatic carbocycles. The van der Waals surface area contributed by atoms with Gasteiger partial charge in [-0.15, -0.1) is 0 Å². The Morgan fingerprint density at radius 3 is 1.70 bits per heavy atom. The summed E-state index contributed by atoms with van der Waals surface area (Å²) in [5.74, 6) is 6.85. The molecule has 120 valence electrons. The zero-order valence-electron chi connectivity index (χ0n) is 14.6. The zero-order chi connectivity index (χ0) is 16.5. The van der Waals surface area contributed by atoms with Crippen molar-refractivity contribution in [3.8, 4) is 11.8 Å². The molecule has 1 nitrogen and oxygen atoms in total. The van der Waals surface area contributed by atoms with Crippen molar-refractivity contribution in [2.45, 2.75) is 32.6 Å². The first-order valence-electron chi connectivity index (χ1n) is 8.61. The monoisotopic (exact) mass is 306 g/mol. The van der Waals surface area contributed by atoms with E-state index in [1.54, 1.807) is 4.90 Å². The van der Waals surface area contributed by atoms with Crippen LogP contribution in [0.15, 0.2) is 60.7 Å². The van der Waals surface area contributed by atoms with E-state index in [4.69, 9.17) is 0 Å². The molecule has 0 radical (unpaired) electrons. The van der Waals surface area contributed by atoms with Crippen LogP contribution in [-0.2, 0) is 5.41 Å². The molecule has 0 aliphatic carbocycles. The molecule has 0 spiro atoms. The van der Waals surface area contributed by atoms with Crippen LogP contribution < -0.4 is 4.90 Å². The Labute approximate surface area is 141 Å². The third-order valence-corrected chi connectivity index (χ3v) is 4.73. The van der Waals surface area contributed by atoms with Crippen LogP contribution >= 0.6 is 0 Å². The van der Waals surface area contributed by atoms with Crippen LogP contribution in [0.3, 0.4) is 0 Å². The minimum atomic E-state index is -0.0614. The fourth-order valence-electron chi connectivity index (χ4n) is 2.91. The van der Waals surface area contributed by atoms with Crippen LogP contribution in [0.5, 0.6) is 0 Å². The molecule has 1 N–H and O–H groups in total.